The number of rotatable bonds is 4. The van der Waals surface area contributed by atoms with Crippen LogP contribution >= 0.6 is 0 Å². The summed E-state index contributed by atoms with van der Waals surface area (Å²) in [5.41, 5.74) is 1.32. The minimum Gasteiger partial charge on any atom is -0.492 e. The molecule has 1 aromatic carbocycles. The van der Waals surface area contributed by atoms with Crippen LogP contribution in [-0.2, 0) is 18.4 Å². The highest BCUT2D eigenvalue weighted by Crippen LogP contribution is 2.56. The van der Waals surface area contributed by atoms with Crippen molar-refractivity contribution in [2.75, 3.05) is 19.7 Å². The number of para-hydroxylation sites is 1. The van der Waals surface area contributed by atoms with Gasteiger partial charge in [0.1, 0.15) is 24.1 Å². The molecule has 0 unspecified atom stereocenters. The molecule has 1 spiro atoms. The fourth-order valence-corrected chi connectivity index (χ4v) is 4.84. The summed E-state index contributed by atoms with van der Waals surface area (Å²) >= 11 is 0. The Balaban J connectivity index is 1.43. The second-order valence-electron chi connectivity index (χ2n) is 8.15. The smallest absolute Gasteiger partial charge is 0.234 e. The molecule has 1 aromatic heterocycles. The van der Waals surface area contributed by atoms with E-state index in [4.69, 9.17) is 4.74 Å². The Morgan fingerprint density at radius 1 is 1.37 bits per heavy atom. The highest BCUT2D eigenvalue weighted by atomic mass is 16.5. The van der Waals surface area contributed by atoms with Crippen molar-refractivity contribution in [3.05, 3.63) is 48.0 Å². The maximum atomic E-state index is 13.6. The molecule has 2 fully saturated rings. The predicted octanol–water partition coefficient (Wildman–Crippen LogP) is 2.07. The van der Waals surface area contributed by atoms with Gasteiger partial charge in [-0.25, -0.2) is 4.98 Å². The molecule has 0 bridgehead atoms. The lowest BCUT2D eigenvalue weighted by atomic mass is 9.93. The predicted molar refractivity (Wildman–Crippen MR) is 101 cm³/mol. The maximum Gasteiger partial charge on any atom is 0.234 e. The van der Waals surface area contributed by atoms with Crippen LogP contribution in [0.15, 0.2) is 36.7 Å². The molecule has 1 aliphatic carbocycles. The van der Waals surface area contributed by atoms with Crippen LogP contribution in [0.3, 0.4) is 0 Å². The van der Waals surface area contributed by atoms with Gasteiger partial charge in [0.2, 0.25) is 5.91 Å². The highest BCUT2D eigenvalue weighted by molar-refractivity contribution is 5.86. The fraction of sp³-hybridized carbons (Fsp3) is 0.524. The third kappa shape index (κ3) is 2.83. The van der Waals surface area contributed by atoms with Gasteiger partial charge >= 0.3 is 0 Å². The van der Waals surface area contributed by atoms with Gasteiger partial charge in [-0.2, -0.15) is 0 Å². The molecule has 3 heterocycles. The molecule has 1 amide bonds. The number of nitrogens with one attached hydrogen (secondary N) is 1. The van der Waals surface area contributed by atoms with E-state index in [2.05, 4.69) is 15.2 Å². The van der Waals surface area contributed by atoms with Gasteiger partial charge in [0, 0.05) is 31.0 Å². The Bertz CT molecular complexity index is 855. The normalized spacial score (nSPS) is 25.1. The van der Waals surface area contributed by atoms with Gasteiger partial charge < -0.3 is 19.5 Å². The molecule has 0 radical (unpaired) electrons. The molecule has 2 aliphatic heterocycles. The number of carbonyl (C=O) groups excluding carboxylic acids is 1. The summed E-state index contributed by atoms with van der Waals surface area (Å²) in [6.45, 7) is 3.12. The van der Waals surface area contributed by atoms with Crippen LogP contribution in [0.2, 0.25) is 0 Å². The molecule has 1 N–H and O–H groups in total. The van der Waals surface area contributed by atoms with Gasteiger partial charge in [0.25, 0.3) is 0 Å². The largest absolute Gasteiger partial charge is 0.492 e. The summed E-state index contributed by atoms with van der Waals surface area (Å²) < 4.78 is 7.81. The van der Waals surface area contributed by atoms with E-state index >= 15 is 0 Å². The third-order valence-corrected chi connectivity index (χ3v) is 6.64. The Morgan fingerprint density at radius 2 is 2.19 bits per heavy atom. The zero-order chi connectivity index (χ0) is 18.4. The molecule has 1 saturated heterocycles. The van der Waals surface area contributed by atoms with Crippen molar-refractivity contribution in [2.45, 2.75) is 37.8 Å². The van der Waals surface area contributed by atoms with Crippen molar-refractivity contribution in [1.82, 2.24) is 19.8 Å². The molecule has 5 rings (SSSR count). The van der Waals surface area contributed by atoms with Crippen molar-refractivity contribution < 1.29 is 9.53 Å². The van der Waals surface area contributed by atoms with E-state index in [9.17, 15) is 4.79 Å². The average Bonchev–Trinajstić information content (AvgIpc) is 3.04. The standard InChI is InChI=1S/C21H26N4O2/c1-24-11-10-23-19(24)13-25(18-12-21(18)6-8-22-9-7-21)20(26)16-14-27-17-5-3-2-4-15(16)17/h2-5,10-11,16,18,22H,6-9,12-14H2,1H3/t16-,18-/m1/s1. The maximum absolute atomic E-state index is 13.6. The lowest BCUT2D eigenvalue weighted by molar-refractivity contribution is -0.135. The van der Waals surface area contributed by atoms with Crippen LogP contribution in [-0.4, -0.2) is 46.1 Å². The summed E-state index contributed by atoms with van der Waals surface area (Å²) in [7, 11) is 1.99. The molecular weight excluding hydrogens is 340 g/mol. The molecule has 142 valence electrons. The Labute approximate surface area is 159 Å². The molecule has 27 heavy (non-hydrogen) atoms. The number of imidazole rings is 1. The average molecular weight is 366 g/mol. The third-order valence-electron chi connectivity index (χ3n) is 6.64. The van der Waals surface area contributed by atoms with Crippen molar-refractivity contribution >= 4 is 5.91 Å². The Hall–Kier alpha value is -2.34. The van der Waals surface area contributed by atoms with Crippen molar-refractivity contribution in [3.8, 4) is 5.75 Å². The number of aryl methyl sites for hydroxylation is 1. The van der Waals surface area contributed by atoms with Gasteiger partial charge in [0.05, 0.1) is 6.54 Å². The number of nitrogens with zero attached hydrogens (tertiary/aromatic N) is 3. The van der Waals surface area contributed by atoms with Crippen LogP contribution < -0.4 is 10.1 Å². The van der Waals surface area contributed by atoms with Gasteiger partial charge in [-0.05, 0) is 43.8 Å². The van der Waals surface area contributed by atoms with Crippen LogP contribution in [0.1, 0.15) is 36.6 Å². The quantitative estimate of drug-likeness (QED) is 0.900. The van der Waals surface area contributed by atoms with Crippen LogP contribution in [0.25, 0.3) is 0 Å². The minimum atomic E-state index is -0.208. The first kappa shape index (κ1) is 16.8. The molecule has 2 atom stereocenters. The SMILES string of the molecule is Cn1ccnc1CN(C(=O)[C@@H]1COc2ccccc21)[C@@H]1CC12CCNCC2. The zero-order valence-electron chi connectivity index (χ0n) is 15.7. The lowest BCUT2D eigenvalue weighted by Gasteiger charge is -2.31. The van der Waals surface area contributed by atoms with E-state index in [1.54, 1.807) is 6.20 Å². The monoisotopic (exact) mass is 366 g/mol. The summed E-state index contributed by atoms with van der Waals surface area (Å²) in [6.07, 6.45) is 7.16. The fourth-order valence-electron chi connectivity index (χ4n) is 4.84. The van der Waals surface area contributed by atoms with Crippen molar-refractivity contribution in [1.29, 1.82) is 0 Å². The summed E-state index contributed by atoms with van der Waals surface area (Å²) in [5.74, 6) is 1.76. The van der Waals surface area contributed by atoms with E-state index in [0.717, 1.165) is 49.5 Å². The molecule has 2 aromatic rings. The molecule has 6 heteroatoms. The summed E-state index contributed by atoms with van der Waals surface area (Å²) in [6, 6.07) is 8.25. The first-order valence-corrected chi connectivity index (χ1v) is 9.87. The molecule has 1 saturated carbocycles. The van der Waals surface area contributed by atoms with E-state index < -0.39 is 0 Å². The van der Waals surface area contributed by atoms with Gasteiger partial charge in [-0.1, -0.05) is 18.2 Å². The molecular formula is C21H26N4O2. The number of amides is 1. The number of hydrogen-bond donors (Lipinski definition) is 1. The Kier molecular flexibility index (Phi) is 3.97. The summed E-state index contributed by atoms with van der Waals surface area (Å²) in [5, 5.41) is 3.45. The minimum absolute atomic E-state index is 0.184. The van der Waals surface area contributed by atoms with E-state index in [1.807, 2.05) is 42.1 Å². The van der Waals surface area contributed by atoms with E-state index in [1.165, 1.54) is 0 Å². The van der Waals surface area contributed by atoms with E-state index in [0.29, 0.717) is 24.6 Å². The second-order valence-corrected chi connectivity index (χ2v) is 8.15. The first-order valence-electron chi connectivity index (χ1n) is 9.87. The van der Waals surface area contributed by atoms with Crippen molar-refractivity contribution in [3.63, 3.8) is 0 Å². The number of piperidine rings is 1. The zero-order valence-corrected chi connectivity index (χ0v) is 15.7. The lowest BCUT2D eigenvalue weighted by Crippen LogP contribution is -2.42. The number of aromatic nitrogens is 2. The number of ether oxygens (including phenoxy) is 1. The van der Waals surface area contributed by atoms with Crippen LogP contribution in [0, 0.1) is 5.41 Å². The van der Waals surface area contributed by atoms with Crippen LogP contribution in [0.5, 0.6) is 5.75 Å². The Morgan fingerprint density at radius 3 is 2.96 bits per heavy atom. The number of hydrogen-bond acceptors (Lipinski definition) is 4. The van der Waals surface area contributed by atoms with Crippen LogP contribution in [0.4, 0.5) is 0 Å². The van der Waals surface area contributed by atoms with E-state index in [-0.39, 0.29) is 11.8 Å². The van der Waals surface area contributed by atoms with Gasteiger partial charge in [0.15, 0.2) is 0 Å². The highest BCUT2D eigenvalue weighted by Gasteiger charge is 2.58. The molecule has 3 aliphatic rings. The second kappa shape index (κ2) is 6.37. The van der Waals surface area contributed by atoms with Gasteiger partial charge in [-0.15, -0.1) is 0 Å². The molecule has 6 nitrogen and oxygen atoms in total. The topological polar surface area (TPSA) is 59.4 Å². The number of fused-ring (bicyclic) bond motifs is 1. The summed E-state index contributed by atoms with van der Waals surface area (Å²) in [4.78, 5) is 20.2. The first-order chi connectivity index (χ1) is 13.2. The van der Waals surface area contributed by atoms with Gasteiger partial charge in [-0.3, -0.25) is 4.79 Å². The number of carbonyl (C=O) groups is 1. The van der Waals surface area contributed by atoms with Crippen molar-refractivity contribution in [2.24, 2.45) is 12.5 Å². The number of benzene rings is 1.